The molecule has 0 atom stereocenters. The third-order valence-electron chi connectivity index (χ3n) is 4.35. The normalized spacial score (nSPS) is 10.2. The van der Waals surface area contributed by atoms with E-state index in [0.29, 0.717) is 28.4 Å². The fourth-order valence-electron chi connectivity index (χ4n) is 2.84. The molecule has 5 nitrogen and oxygen atoms in total. The molecule has 0 aliphatic heterocycles. The summed E-state index contributed by atoms with van der Waals surface area (Å²) in [6.07, 6.45) is 0. The second-order valence-electron chi connectivity index (χ2n) is 6.38. The van der Waals surface area contributed by atoms with Crippen molar-refractivity contribution in [1.82, 2.24) is 5.32 Å². The zero-order chi connectivity index (χ0) is 21.5. The van der Waals surface area contributed by atoms with Crippen molar-refractivity contribution >= 4 is 52.1 Å². The minimum absolute atomic E-state index is 0.0890. The lowest BCUT2D eigenvalue weighted by Gasteiger charge is -2.21. The van der Waals surface area contributed by atoms with Crippen molar-refractivity contribution in [2.45, 2.75) is 6.92 Å². The van der Waals surface area contributed by atoms with E-state index in [2.05, 4.69) is 10.6 Å². The van der Waals surface area contributed by atoms with Crippen LogP contribution in [0.15, 0.2) is 78.9 Å². The lowest BCUT2D eigenvalue weighted by atomic mass is 10.1. The molecular formula is C23H20ClN3O2S. The second-order valence-corrected chi connectivity index (χ2v) is 7.22. The van der Waals surface area contributed by atoms with E-state index in [1.807, 2.05) is 37.3 Å². The number of hydrogen-bond acceptors (Lipinski definition) is 3. The van der Waals surface area contributed by atoms with E-state index in [1.54, 1.807) is 53.4 Å². The van der Waals surface area contributed by atoms with E-state index in [9.17, 15) is 9.59 Å². The van der Waals surface area contributed by atoms with Crippen LogP contribution in [0.2, 0.25) is 5.02 Å². The van der Waals surface area contributed by atoms with Gasteiger partial charge in [0.2, 0.25) is 0 Å². The summed E-state index contributed by atoms with van der Waals surface area (Å²) in [5, 5.41) is 6.27. The van der Waals surface area contributed by atoms with Crippen molar-refractivity contribution < 1.29 is 9.59 Å². The van der Waals surface area contributed by atoms with Gasteiger partial charge in [-0.15, -0.1) is 0 Å². The molecule has 0 saturated carbocycles. The molecule has 2 amide bonds. The first-order valence-corrected chi connectivity index (χ1v) is 10.1. The van der Waals surface area contributed by atoms with E-state index < -0.39 is 0 Å². The predicted octanol–water partition coefficient (Wildman–Crippen LogP) is 5.13. The Kier molecular flexibility index (Phi) is 7.17. The van der Waals surface area contributed by atoms with Crippen LogP contribution >= 0.6 is 23.8 Å². The highest BCUT2D eigenvalue weighted by Gasteiger charge is 2.16. The highest BCUT2D eigenvalue weighted by atomic mass is 35.5. The number of thiocarbonyl (C=S) groups is 1. The van der Waals surface area contributed by atoms with Gasteiger partial charge in [-0.25, -0.2) is 0 Å². The van der Waals surface area contributed by atoms with Crippen LogP contribution in [-0.4, -0.2) is 23.5 Å². The van der Waals surface area contributed by atoms with E-state index in [0.717, 1.165) is 5.69 Å². The Morgan fingerprint density at radius 1 is 0.900 bits per heavy atom. The molecule has 0 aliphatic rings. The molecule has 0 unspecified atom stereocenters. The van der Waals surface area contributed by atoms with Gasteiger partial charge in [-0.2, -0.15) is 0 Å². The monoisotopic (exact) mass is 437 g/mol. The molecule has 152 valence electrons. The van der Waals surface area contributed by atoms with Crippen molar-refractivity contribution in [3.8, 4) is 0 Å². The lowest BCUT2D eigenvalue weighted by molar-refractivity contribution is 0.0973. The SMILES string of the molecule is CCN(C(=O)c1ccc(NC(=S)NC(=O)c2ccc(Cl)cc2)cc1)c1ccccc1. The molecule has 7 heteroatoms. The first-order chi connectivity index (χ1) is 14.5. The Balaban J connectivity index is 1.62. The summed E-state index contributed by atoms with van der Waals surface area (Å²) < 4.78 is 0. The van der Waals surface area contributed by atoms with Crippen molar-refractivity contribution in [3.05, 3.63) is 95.0 Å². The molecule has 0 aliphatic carbocycles. The smallest absolute Gasteiger partial charge is 0.258 e. The first kappa shape index (κ1) is 21.5. The highest BCUT2D eigenvalue weighted by Crippen LogP contribution is 2.18. The molecular weight excluding hydrogens is 418 g/mol. The van der Waals surface area contributed by atoms with Gasteiger partial charge < -0.3 is 10.2 Å². The topological polar surface area (TPSA) is 61.4 Å². The Morgan fingerprint density at radius 2 is 1.50 bits per heavy atom. The molecule has 0 spiro atoms. The summed E-state index contributed by atoms with van der Waals surface area (Å²) in [7, 11) is 0. The summed E-state index contributed by atoms with van der Waals surface area (Å²) >= 11 is 11.0. The van der Waals surface area contributed by atoms with Gasteiger partial charge in [-0.1, -0.05) is 29.8 Å². The lowest BCUT2D eigenvalue weighted by Crippen LogP contribution is -2.34. The number of nitrogens with zero attached hydrogens (tertiary/aromatic N) is 1. The Hall–Kier alpha value is -3.22. The summed E-state index contributed by atoms with van der Waals surface area (Å²) in [5.41, 5.74) is 2.52. The molecule has 3 rings (SSSR count). The molecule has 0 fully saturated rings. The van der Waals surface area contributed by atoms with E-state index >= 15 is 0 Å². The minimum Gasteiger partial charge on any atom is -0.332 e. The summed E-state index contributed by atoms with van der Waals surface area (Å²) in [4.78, 5) is 26.8. The van der Waals surface area contributed by atoms with E-state index in [4.69, 9.17) is 23.8 Å². The molecule has 0 aromatic heterocycles. The van der Waals surface area contributed by atoms with Crippen LogP contribution in [0, 0.1) is 0 Å². The molecule has 3 aromatic rings. The van der Waals surface area contributed by atoms with Gasteiger partial charge in [0.15, 0.2) is 5.11 Å². The maximum atomic E-state index is 12.8. The van der Waals surface area contributed by atoms with Crippen LogP contribution in [0.1, 0.15) is 27.6 Å². The fraction of sp³-hybridized carbons (Fsp3) is 0.0870. The van der Waals surface area contributed by atoms with Crippen LogP contribution in [0.25, 0.3) is 0 Å². The van der Waals surface area contributed by atoms with Crippen LogP contribution in [-0.2, 0) is 0 Å². The largest absolute Gasteiger partial charge is 0.332 e. The van der Waals surface area contributed by atoms with Crippen molar-refractivity contribution in [2.75, 3.05) is 16.8 Å². The van der Waals surface area contributed by atoms with E-state index in [-0.39, 0.29) is 16.9 Å². The Bertz CT molecular complexity index is 1040. The quantitative estimate of drug-likeness (QED) is 0.543. The van der Waals surface area contributed by atoms with Gasteiger partial charge in [0.25, 0.3) is 11.8 Å². The molecule has 0 saturated heterocycles. The van der Waals surface area contributed by atoms with Crippen molar-refractivity contribution in [3.63, 3.8) is 0 Å². The van der Waals surface area contributed by atoms with Crippen molar-refractivity contribution in [2.24, 2.45) is 0 Å². The average Bonchev–Trinajstić information content (AvgIpc) is 2.76. The molecule has 0 bridgehead atoms. The number of halogens is 1. The fourth-order valence-corrected chi connectivity index (χ4v) is 3.18. The molecule has 2 N–H and O–H groups in total. The van der Waals surface area contributed by atoms with Crippen LogP contribution in [0.3, 0.4) is 0 Å². The summed E-state index contributed by atoms with van der Waals surface area (Å²) in [6.45, 7) is 2.49. The minimum atomic E-state index is -0.336. The highest BCUT2D eigenvalue weighted by molar-refractivity contribution is 7.80. The number of benzene rings is 3. The molecule has 30 heavy (non-hydrogen) atoms. The van der Waals surface area contributed by atoms with Crippen molar-refractivity contribution in [1.29, 1.82) is 0 Å². The van der Waals surface area contributed by atoms with Crippen LogP contribution in [0.4, 0.5) is 11.4 Å². The molecule has 0 radical (unpaired) electrons. The number of carbonyl (C=O) groups excluding carboxylic acids is 2. The van der Waals surface area contributed by atoms with Gasteiger partial charge in [0.05, 0.1) is 0 Å². The third kappa shape index (κ3) is 5.43. The Labute approximate surface area is 185 Å². The predicted molar refractivity (Wildman–Crippen MR) is 125 cm³/mol. The van der Waals surface area contributed by atoms with Gasteiger partial charge in [-0.3, -0.25) is 14.9 Å². The molecule has 3 aromatic carbocycles. The first-order valence-electron chi connectivity index (χ1n) is 9.33. The number of nitrogens with one attached hydrogen (secondary N) is 2. The van der Waals surface area contributed by atoms with E-state index in [1.165, 1.54) is 0 Å². The standard InChI is InChI=1S/C23H20ClN3O2S/c1-2-27(20-6-4-3-5-7-20)22(29)17-10-14-19(15-11-17)25-23(30)26-21(28)16-8-12-18(24)13-9-16/h3-15H,2H2,1H3,(H2,25,26,28,30). The average molecular weight is 438 g/mol. The van der Waals surface area contributed by atoms with Gasteiger partial charge in [-0.05, 0) is 79.8 Å². The van der Waals surface area contributed by atoms with Gasteiger partial charge in [0.1, 0.15) is 0 Å². The number of amides is 2. The number of rotatable bonds is 5. The van der Waals surface area contributed by atoms with Crippen LogP contribution < -0.4 is 15.5 Å². The van der Waals surface area contributed by atoms with Crippen LogP contribution in [0.5, 0.6) is 0 Å². The zero-order valence-electron chi connectivity index (χ0n) is 16.3. The molecule has 0 heterocycles. The number of para-hydroxylation sites is 1. The third-order valence-corrected chi connectivity index (χ3v) is 4.81. The number of hydrogen-bond donors (Lipinski definition) is 2. The summed E-state index contributed by atoms with van der Waals surface area (Å²) in [6, 6.07) is 23.0. The maximum absolute atomic E-state index is 12.8. The van der Waals surface area contributed by atoms with Gasteiger partial charge in [0, 0.05) is 34.1 Å². The second kappa shape index (κ2) is 10.0. The number of carbonyl (C=O) groups is 2. The zero-order valence-corrected chi connectivity index (χ0v) is 17.8. The number of anilines is 2. The Morgan fingerprint density at radius 3 is 2.10 bits per heavy atom. The maximum Gasteiger partial charge on any atom is 0.258 e. The van der Waals surface area contributed by atoms with Gasteiger partial charge >= 0.3 is 0 Å². The summed E-state index contributed by atoms with van der Waals surface area (Å²) in [5.74, 6) is -0.425.